The van der Waals surface area contributed by atoms with Crippen molar-refractivity contribution in [3.63, 3.8) is 0 Å². The molecule has 4 unspecified atom stereocenters. The lowest BCUT2D eigenvalue weighted by Gasteiger charge is -2.21. The van der Waals surface area contributed by atoms with Gasteiger partial charge in [-0.1, -0.05) is 272 Å². The summed E-state index contributed by atoms with van der Waals surface area (Å²) in [6.45, 7) is 11.7. The van der Waals surface area contributed by atoms with Crippen LogP contribution in [0.5, 0.6) is 0 Å². The number of hydrogen-bond donors (Lipinski definition) is 3. The molecule has 0 aliphatic rings. The van der Waals surface area contributed by atoms with Gasteiger partial charge in [0.2, 0.25) is 0 Å². The van der Waals surface area contributed by atoms with Crippen LogP contribution >= 0.6 is 15.6 Å². The molecule has 0 fully saturated rings. The Morgan fingerprint density at radius 3 is 1.00 bits per heavy atom. The maximum atomic E-state index is 13.0. The van der Waals surface area contributed by atoms with Crippen molar-refractivity contribution in [3.8, 4) is 0 Å². The van der Waals surface area contributed by atoms with Gasteiger partial charge in [-0.2, -0.15) is 0 Å². The third-order valence-electron chi connectivity index (χ3n) is 15.9. The van der Waals surface area contributed by atoms with Crippen LogP contribution in [0.3, 0.4) is 0 Å². The number of allylic oxidation sites excluding steroid dienone is 4. The standard InChI is InChI=1S/C70H132O17P2/c1-8-10-11-12-13-14-15-16-17-18-19-20-32-39-46-53-69(74)86-65(57-81-68(73)52-45-38-31-26-23-29-36-43-50-63(7)9-2)59-84-88(76,77)82-55-64(71)56-83-89(78,79)85-60-66(87-70(75)54-47-40-33-25-22-28-35-42-49-62(5)6)58-80-67(72)51-44-37-30-24-21-27-34-41-48-61(3)4/h14-17,61-66,71H,8-13,18-60H2,1-7H3,(H,76,77)(H,78,79)/b15-14-,17-16-/t63?,64?,65-,66-/m1/s1. The van der Waals surface area contributed by atoms with Crippen molar-refractivity contribution in [1.82, 2.24) is 0 Å². The number of hydrogen-bond acceptors (Lipinski definition) is 15. The van der Waals surface area contributed by atoms with Crippen LogP contribution < -0.4 is 0 Å². The summed E-state index contributed by atoms with van der Waals surface area (Å²) in [5.74, 6) is 0.0561. The highest BCUT2D eigenvalue weighted by atomic mass is 31.2. The first kappa shape index (κ1) is 86.5. The fourth-order valence-corrected chi connectivity index (χ4v) is 11.5. The SMILES string of the molecule is CCCCCC/C=C\C=C/CCCCCCCC(=O)O[C@H](COC(=O)CCCCCCCCCCC(C)CC)COP(=O)(O)OCC(O)COP(=O)(O)OC[C@@H](COC(=O)CCCCCCCCCCC(C)C)OC(=O)CCCCCCCCCCC(C)C. The van der Waals surface area contributed by atoms with Crippen molar-refractivity contribution < 1.29 is 80.2 Å². The summed E-state index contributed by atoms with van der Waals surface area (Å²) in [4.78, 5) is 72.5. The van der Waals surface area contributed by atoms with E-state index >= 15 is 0 Å². The maximum absolute atomic E-state index is 13.0. The topological polar surface area (TPSA) is 237 Å². The van der Waals surface area contributed by atoms with Crippen molar-refractivity contribution in [2.75, 3.05) is 39.6 Å². The number of esters is 4. The van der Waals surface area contributed by atoms with Crippen molar-refractivity contribution in [2.45, 2.75) is 343 Å². The molecule has 17 nitrogen and oxygen atoms in total. The second-order valence-corrected chi connectivity index (χ2v) is 28.7. The Bertz CT molecular complexity index is 1840. The van der Waals surface area contributed by atoms with E-state index < -0.39 is 97.5 Å². The molecule has 6 atom stereocenters. The molecule has 19 heteroatoms. The smallest absolute Gasteiger partial charge is 0.462 e. The molecule has 0 radical (unpaired) electrons. The molecule has 0 aromatic carbocycles. The van der Waals surface area contributed by atoms with Gasteiger partial charge in [0.1, 0.15) is 19.3 Å². The second kappa shape index (κ2) is 60.5. The zero-order valence-corrected chi connectivity index (χ0v) is 59.2. The Hall–Kier alpha value is -2.46. The highest BCUT2D eigenvalue weighted by molar-refractivity contribution is 7.47. The summed E-state index contributed by atoms with van der Waals surface area (Å²) in [6, 6.07) is 0. The lowest BCUT2D eigenvalue weighted by molar-refractivity contribution is -0.161. The minimum atomic E-state index is -4.96. The van der Waals surface area contributed by atoms with Crippen LogP contribution in [0.15, 0.2) is 24.3 Å². The third kappa shape index (κ3) is 62.7. The molecular formula is C70H132O17P2. The highest BCUT2D eigenvalue weighted by Gasteiger charge is 2.30. The van der Waals surface area contributed by atoms with Crippen LogP contribution in [0.25, 0.3) is 0 Å². The molecule has 0 heterocycles. The van der Waals surface area contributed by atoms with E-state index in [-0.39, 0.29) is 25.7 Å². The average Bonchev–Trinajstić information content (AvgIpc) is 3.70. The lowest BCUT2D eigenvalue weighted by atomic mass is 9.99. The van der Waals surface area contributed by atoms with E-state index in [0.717, 1.165) is 115 Å². The molecular weight excluding hydrogens is 1170 g/mol. The Kier molecular flexibility index (Phi) is 58.8. The van der Waals surface area contributed by atoms with Gasteiger partial charge in [-0.05, 0) is 69.1 Å². The zero-order chi connectivity index (χ0) is 65.9. The predicted molar refractivity (Wildman–Crippen MR) is 358 cm³/mol. The Morgan fingerprint density at radius 1 is 0.371 bits per heavy atom. The number of phosphoric ester groups is 2. The monoisotopic (exact) mass is 1310 g/mol. The number of ether oxygens (including phenoxy) is 4. The molecule has 0 saturated carbocycles. The van der Waals surface area contributed by atoms with Crippen molar-refractivity contribution in [3.05, 3.63) is 24.3 Å². The van der Waals surface area contributed by atoms with Gasteiger partial charge < -0.3 is 33.8 Å². The summed E-state index contributed by atoms with van der Waals surface area (Å²) >= 11 is 0. The Balaban J connectivity index is 5.30. The predicted octanol–water partition coefficient (Wildman–Crippen LogP) is 19.4. The molecule has 0 aromatic rings. The highest BCUT2D eigenvalue weighted by Crippen LogP contribution is 2.45. The van der Waals surface area contributed by atoms with Gasteiger partial charge in [-0.3, -0.25) is 37.3 Å². The molecule has 0 aliphatic carbocycles. The van der Waals surface area contributed by atoms with Gasteiger partial charge in [0, 0.05) is 25.7 Å². The first-order valence-corrected chi connectivity index (χ1v) is 38.7. The van der Waals surface area contributed by atoms with Gasteiger partial charge in [0.15, 0.2) is 12.2 Å². The Labute approximate surface area is 542 Å². The summed E-state index contributed by atoms with van der Waals surface area (Å²) in [7, 11) is -9.91. The number of aliphatic hydroxyl groups is 1. The van der Waals surface area contributed by atoms with E-state index in [0.29, 0.717) is 31.6 Å². The van der Waals surface area contributed by atoms with Gasteiger partial charge in [-0.25, -0.2) is 9.13 Å². The third-order valence-corrected chi connectivity index (χ3v) is 17.8. The van der Waals surface area contributed by atoms with E-state index in [9.17, 15) is 43.2 Å². The maximum Gasteiger partial charge on any atom is 0.472 e. The van der Waals surface area contributed by atoms with Crippen LogP contribution in [0.1, 0.15) is 325 Å². The van der Waals surface area contributed by atoms with Crippen LogP contribution in [0.2, 0.25) is 0 Å². The van der Waals surface area contributed by atoms with Crippen molar-refractivity contribution in [1.29, 1.82) is 0 Å². The summed E-state index contributed by atoms with van der Waals surface area (Å²) in [6.07, 6.45) is 46.7. The minimum Gasteiger partial charge on any atom is -0.462 e. The number of rotatable bonds is 66. The number of unbranched alkanes of at least 4 members (excludes halogenated alkanes) is 30. The lowest BCUT2D eigenvalue weighted by Crippen LogP contribution is -2.30. The Morgan fingerprint density at radius 2 is 0.663 bits per heavy atom. The first-order valence-electron chi connectivity index (χ1n) is 35.7. The summed E-state index contributed by atoms with van der Waals surface area (Å²) in [5.41, 5.74) is 0. The van der Waals surface area contributed by atoms with Gasteiger partial charge in [0.25, 0.3) is 0 Å². The molecule has 0 amide bonds. The summed E-state index contributed by atoms with van der Waals surface area (Å²) < 4.78 is 68.2. The van der Waals surface area contributed by atoms with Crippen LogP contribution in [0, 0.1) is 17.8 Å². The molecule has 3 N–H and O–H groups in total. The minimum absolute atomic E-state index is 0.0840. The normalized spacial score (nSPS) is 14.7. The van der Waals surface area contributed by atoms with Crippen LogP contribution in [-0.4, -0.2) is 96.7 Å². The fraction of sp³-hybridized carbons (Fsp3) is 0.886. The summed E-state index contributed by atoms with van der Waals surface area (Å²) in [5, 5.41) is 10.6. The molecule has 524 valence electrons. The van der Waals surface area contributed by atoms with Crippen molar-refractivity contribution >= 4 is 39.5 Å². The quantitative estimate of drug-likeness (QED) is 0.0169. The van der Waals surface area contributed by atoms with Crippen molar-refractivity contribution in [2.24, 2.45) is 17.8 Å². The van der Waals surface area contributed by atoms with Crippen LogP contribution in [-0.2, 0) is 65.4 Å². The largest absolute Gasteiger partial charge is 0.472 e. The van der Waals surface area contributed by atoms with E-state index in [1.807, 2.05) is 0 Å². The second-order valence-electron chi connectivity index (χ2n) is 25.8. The molecule has 0 aromatic heterocycles. The number of aliphatic hydroxyl groups excluding tert-OH is 1. The molecule has 0 spiro atoms. The first-order chi connectivity index (χ1) is 42.8. The van der Waals surface area contributed by atoms with Gasteiger partial charge in [-0.15, -0.1) is 0 Å². The molecule has 0 aliphatic heterocycles. The van der Waals surface area contributed by atoms with Gasteiger partial charge in [0.05, 0.1) is 26.4 Å². The van der Waals surface area contributed by atoms with Crippen LogP contribution in [0.4, 0.5) is 0 Å². The molecule has 89 heavy (non-hydrogen) atoms. The number of phosphoric acid groups is 2. The zero-order valence-electron chi connectivity index (χ0n) is 57.4. The number of carbonyl (C=O) groups is 4. The van der Waals surface area contributed by atoms with E-state index in [1.165, 1.54) is 122 Å². The molecule has 0 rings (SSSR count). The van der Waals surface area contributed by atoms with E-state index in [1.54, 1.807) is 0 Å². The molecule has 0 saturated heterocycles. The fourth-order valence-electron chi connectivity index (χ4n) is 9.97. The molecule has 0 bridgehead atoms. The van der Waals surface area contributed by atoms with E-state index in [2.05, 4.69) is 72.8 Å². The average molecular weight is 1310 g/mol. The number of carbonyl (C=O) groups excluding carboxylic acids is 4. The van der Waals surface area contributed by atoms with Gasteiger partial charge >= 0.3 is 39.5 Å². The van der Waals surface area contributed by atoms with E-state index in [4.69, 9.17) is 37.0 Å².